The van der Waals surface area contributed by atoms with Gasteiger partial charge in [0.1, 0.15) is 11.8 Å². The average Bonchev–Trinajstić information content (AvgIpc) is 3.39. The molecule has 1 aliphatic heterocycles. The molecule has 0 aliphatic carbocycles. The third-order valence-electron chi connectivity index (χ3n) is 5.76. The highest BCUT2D eigenvalue weighted by atomic mass is 32.1. The van der Waals surface area contributed by atoms with E-state index >= 15 is 0 Å². The van der Waals surface area contributed by atoms with Crippen molar-refractivity contribution in [1.82, 2.24) is 0 Å². The molecule has 1 unspecified atom stereocenters. The number of amides is 1. The Labute approximate surface area is 190 Å². The van der Waals surface area contributed by atoms with E-state index in [2.05, 4.69) is 0 Å². The van der Waals surface area contributed by atoms with E-state index in [1.807, 2.05) is 86.0 Å². The van der Waals surface area contributed by atoms with Crippen molar-refractivity contribution in [3.05, 3.63) is 105 Å². The molecule has 1 N–H and O–H groups in total. The lowest BCUT2D eigenvalue weighted by atomic mass is 9.98. The minimum Gasteiger partial charge on any atom is -0.507 e. The largest absolute Gasteiger partial charge is 0.507 e. The minimum absolute atomic E-state index is 0.117. The molecule has 0 saturated carbocycles. The summed E-state index contributed by atoms with van der Waals surface area (Å²) in [5, 5.41) is 15.2. The van der Waals surface area contributed by atoms with E-state index in [4.69, 9.17) is 0 Å². The normalized spacial score (nSPS) is 17.9. The van der Waals surface area contributed by atoms with E-state index in [-0.39, 0.29) is 11.3 Å². The van der Waals surface area contributed by atoms with Crippen molar-refractivity contribution in [2.45, 2.75) is 19.9 Å². The zero-order valence-corrected chi connectivity index (χ0v) is 18.5. The number of benzene rings is 3. The number of thiophene rings is 1. The summed E-state index contributed by atoms with van der Waals surface area (Å²) in [5.41, 5.74) is 3.29. The summed E-state index contributed by atoms with van der Waals surface area (Å²) >= 11 is 1.46. The molecule has 1 aliphatic rings. The Morgan fingerprint density at radius 2 is 1.59 bits per heavy atom. The topological polar surface area (TPSA) is 57.6 Å². The SMILES string of the molecule is Cc1cc(C)cc(N2C(=O)C(=O)/C(=C(\O)c3ccc4ccccc4c3)C2c2cccs2)c1. The molecule has 4 nitrogen and oxygen atoms in total. The Hall–Kier alpha value is -3.70. The first-order valence-electron chi connectivity index (χ1n) is 10.4. The number of hydrogen-bond acceptors (Lipinski definition) is 4. The summed E-state index contributed by atoms with van der Waals surface area (Å²) in [5.74, 6) is -1.46. The van der Waals surface area contributed by atoms with Crippen molar-refractivity contribution in [1.29, 1.82) is 0 Å². The van der Waals surface area contributed by atoms with Gasteiger partial charge >= 0.3 is 0 Å². The number of aliphatic hydroxyl groups excluding tert-OH is 1. The van der Waals surface area contributed by atoms with Crippen molar-refractivity contribution in [2.75, 3.05) is 4.90 Å². The van der Waals surface area contributed by atoms with Gasteiger partial charge < -0.3 is 5.11 Å². The van der Waals surface area contributed by atoms with Crippen LogP contribution in [0.5, 0.6) is 0 Å². The van der Waals surface area contributed by atoms with Crippen molar-refractivity contribution < 1.29 is 14.7 Å². The summed E-state index contributed by atoms with van der Waals surface area (Å²) in [4.78, 5) is 28.8. The molecular formula is C27H21NO3S. The molecule has 2 heterocycles. The van der Waals surface area contributed by atoms with Crippen LogP contribution in [0.25, 0.3) is 16.5 Å². The molecule has 5 rings (SSSR count). The quantitative estimate of drug-likeness (QED) is 0.237. The zero-order chi connectivity index (χ0) is 22.4. The van der Waals surface area contributed by atoms with Crippen LogP contribution in [-0.2, 0) is 9.59 Å². The second-order valence-electron chi connectivity index (χ2n) is 8.09. The predicted molar refractivity (Wildman–Crippen MR) is 129 cm³/mol. The molecule has 158 valence electrons. The van der Waals surface area contributed by atoms with Crippen LogP contribution in [0.15, 0.2) is 83.7 Å². The molecule has 1 fully saturated rings. The lowest BCUT2D eigenvalue weighted by Crippen LogP contribution is -2.29. The number of nitrogens with zero attached hydrogens (tertiary/aromatic N) is 1. The van der Waals surface area contributed by atoms with Gasteiger partial charge in [0, 0.05) is 16.1 Å². The van der Waals surface area contributed by atoms with Crippen LogP contribution in [0.3, 0.4) is 0 Å². The number of ketones is 1. The lowest BCUT2D eigenvalue weighted by molar-refractivity contribution is -0.132. The Morgan fingerprint density at radius 3 is 2.28 bits per heavy atom. The highest BCUT2D eigenvalue weighted by Gasteiger charge is 2.47. The highest BCUT2D eigenvalue weighted by Crippen LogP contribution is 2.44. The molecule has 5 heteroatoms. The van der Waals surface area contributed by atoms with Gasteiger partial charge in [-0.1, -0.05) is 48.5 Å². The van der Waals surface area contributed by atoms with Gasteiger partial charge in [0.05, 0.1) is 5.57 Å². The van der Waals surface area contributed by atoms with E-state index in [0.29, 0.717) is 11.3 Å². The molecule has 1 amide bonds. The fraction of sp³-hybridized carbons (Fsp3) is 0.111. The lowest BCUT2D eigenvalue weighted by Gasteiger charge is -2.25. The molecular weight excluding hydrogens is 418 g/mol. The molecule has 4 aromatic rings. The first-order valence-corrected chi connectivity index (χ1v) is 11.2. The van der Waals surface area contributed by atoms with Gasteiger partial charge in [-0.15, -0.1) is 11.3 Å². The summed E-state index contributed by atoms with van der Waals surface area (Å²) in [6.45, 7) is 3.92. The molecule has 1 saturated heterocycles. The number of carbonyl (C=O) groups is 2. The van der Waals surface area contributed by atoms with E-state index in [1.54, 1.807) is 6.07 Å². The van der Waals surface area contributed by atoms with E-state index < -0.39 is 17.7 Å². The van der Waals surface area contributed by atoms with Gasteiger partial charge in [0.2, 0.25) is 0 Å². The first kappa shape index (κ1) is 20.2. The van der Waals surface area contributed by atoms with Crippen LogP contribution in [-0.4, -0.2) is 16.8 Å². The number of aliphatic hydroxyl groups is 1. The minimum atomic E-state index is -0.678. The number of Topliss-reactive ketones (excluding diaryl/α,β-unsaturated/α-hetero) is 1. The average molecular weight is 440 g/mol. The fourth-order valence-electron chi connectivity index (χ4n) is 4.40. The maximum absolute atomic E-state index is 13.2. The van der Waals surface area contributed by atoms with Crippen LogP contribution in [0.2, 0.25) is 0 Å². The number of anilines is 1. The molecule has 3 aromatic carbocycles. The van der Waals surface area contributed by atoms with E-state index in [9.17, 15) is 14.7 Å². The number of fused-ring (bicyclic) bond motifs is 1. The third-order valence-corrected chi connectivity index (χ3v) is 6.69. The number of carbonyl (C=O) groups excluding carboxylic acids is 2. The maximum atomic E-state index is 13.2. The second-order valence-corrected chi connectivity index (χ2v) is 9.07. The first-order chi connectivity index (χ1) is 15.4. The summed E-state index contributed by atoms with van der Waals surface area (Å²) in [6.07, 6.45) is 0. The Bertz CT molecular complexity index is 1380. The van der Waals surface area contributed by atoms with Crippen molar-refractivity contribution in [3.63, 3.8) is 0 Å². The second kappa shape index (κ2) is 7.77. The Balaban J connectivity index is 1.72. The van der Waals surface area contributed by atoms with Crippen molar-refractivity contribution in [3.8, 4) is 0 Å². The molecule has 0 radical (unpaired) electrons. The summed E-state index contributed by atoms with van der Waals surface area (Å²) in [6, 6.07) is 22.3. The van der Waals surface area contributed by atoms with Gasteiger partial charge in [-0.25, -0.2) is 0 Å². The number of rotatable bonds is 3. The smallest absolute Gasteiger partial charge is 0.300 e. The van der Waals surface area contributed by atoms with Crippen LogP contribution < -0.4 is 4.90 Å². The Morgan fingerprint density at radius 1 is 0.875 bits per heavy atom. The van der Waals surface area contributed by atoms with Gasteiger partial charge in [0.15, 0.2) is 0 Å². The Kier molecular flexibility index (Phi) is 4.91. The van der Waals surface area contributed by atoms with Gasteiger partial charge in [-0.3, -0.25) is 14.5 Å². The summed E-state index contributed by atoms with van der Waals surface area (Å²) < 4.78 is 0. The summed E-state index contributed by atoms with van der Waals surface area (Å²) in [7, 11) is 0. The van der Waals surface area contributed by atoms with Crippen LogP contribution >= 0.6 is 11.3 Å². The van der Waals surface area contributed by atoms with Crippen molar-refractivity contribution >= 4 is 45.2 Å². The molecule has 32 heavy (non-hydrogen) atoms. The van der Waals surface area contributed by atoms with Gasteiger partial charge in [-0.2, -0.15) is 0 Å². The van der Waals surface area contributed by atoms with Crippen molar-refractivity contribution in [2.24, 2.45) is 0 Å². The van der Waals surface area contributed by atoms with Crippen LogP contribution in [0.1, 0.15) is 27.6 Å². The van der Waals surface area contributed by atoms with Gasteiger partial charge in [-0.05, 0) is 65.4 Å². The number of aryl methyl sites for hydroxylation is 2. The maximum Gasteiger partial charge on any atom is 0.300 e. The highest BCUT2D eigenvalue weighted by molar-refractivity contribution is 7.10. The monoisotopic (exact) mass is 439 g/mol. The predicted octanol–water partition coefficient (Wildman–Crippen LogP) is 6.14. The molecule has 1 aromatic heterocycles. The van der Waals surface area contributed by atoms with E-state index in [1.165, 1.54) is 16.2 Å². The van der Waals surface area contributed by atoms with Crippen LogP contribution in [0.4, 0.5) is 5.69 Å². The van der Waals surface area contributed by atoms with Gasteiger partial charge in [0.25, 0.3) is 11.7 Å². The molecule has 0 bridgehead atoms. The number of hydrogen-bond donors (Lipinski definition) is 1. The van der Waals surface area contributed by atoms with E-state index in [0.717, 1.165) is 26.8 Å². The van der Waals surface area contributed by atoms with Crippen LogP contribution in [0, 0.1) is 13.8 Å². The standard InChI is InChI=1S/C27H21NO3S/c1-16-12-17(2)14-21(13-16)28-24(22-8-5-11-32-22)23(26(30)27(28)31)25(29)20-10-9-18-6-3-4-7-19(18)15-20/h3-15,24,29H,1-2H3/b25-23-. The third kappa shape index (κ3) is 3.31. The molecule has 1 atom stereocenters. The molecule has 0 spiro atoms. The fourth-order valence-corrected chi connectivity index (χ4v) is 5.22. The zero-order valence-electron chi connectivity index (χ0n) is 17.7.